The zero-order valence-electron chi connectivity index (χ0n) is 14.8. The Balaban J connectivity index is 2.06. The van der Waals surface area contributed by atoms with Crippen molar-refractivity contribution in [3.63, 3.8) is 0 Å². The minimum atomic E-state index is -0.921. The third-order valence-corrected chi connectivity index (χ3v) is 3.99. The number of nitro benzene ring substituents is 1. The molecule has 1 aliphatic rings. The van der Waals surface area contributed by atoms with Crippen LogP contribution < -0.4 is 4.74 Å². The molecule has 0 aliphatic carbocycles. The fourth-order valence-corrected chi connectivity index (χ4v) is 2.79. The zero-order valence-corrected chi connectivity index (χ0v) is 15.5. The van der Waals surface area contributed by atoms with Gasteiger partial charge in [0.15, 0.2) is 0 Å². The summed E-state index contributed by atoms with van der Waals surface area (Å²) in [6.07, 6.45) is -0.921. The summed E-state index contributed by atoms with van der Waals surface area (Å²) >= 11 is 6.01. The molecule has 0 N–H and O–H groups in total. The van der Waals surface area contributed by atoms with Crippen molar-refractivity contribution in [2.45, 2.75) is 20.1 Å². The number of benzene rings is 2. The maximum absolute atomic E-state index is 12.0. The van der Waals surface area contributed by atoms with Crippen molar-refractivity contribution in [1.29, 1.82) is 0 Å². The van der Waals surface area contributed by atoms with Crippen LogP contribution in [0.5, 0.6) is 5.75 Å². The van der Waals surface area contributed by atoms with Crippen molar-refractivity contribution in [3.8, 4) is 5.75 Å². The molecule has 0 spiro atoms. The summed E-state index contributed by atoms with van der Waals surface area (Å²) in [7, 11) is 0. The number of esters is 1. The lowest BCUT2D eigenvalue weighted by Gasteiger charge is -2.19. The predicted octanol–water partition coefficient (Wildman–Crippen LogP) is 3.41. The summed E-state index contributed by atoms with van der Waals surface area (Å²) in [5, 5.41) is 16.8. The van der Waals surface area contributed by atoms with Crippen molar-refractivity contribution in [2.24, 2.45) is 5.10 Å². The van der Waals surface area contributed by atoms with E-state index < -0.39 is 23.0 Å². The SMILES string of the molecule is CC(=O)Oc1ccc([N+](=O)[O-])cc1C1=NN(C(C)=O)[C@@H](c2cccc(Cl)c2)O1. The number of halogens is 1. The van der Waals surface area contributed by atoms with Gasteiger partial charge in [-0.15, -0.1) is 5.10 Å². The van der Waals surface area contributed by atoms with E-state index in [1.54, 1.807) is 24.3 Å². The first-order chi connectivity index (χ1) is 13.3. The van der Waals surface area contributed by atoms with E-state index in [9.17, 15) is 19.7 Å². The molecule has 1 aliphatic heterocycles. The van der Waals surface area contributed by atoms with Crippen molar-refractivity contribution in [1.82, 2.24) is 5.01 Å². The second-order valence-electron chi connectivity index (χ2n) is 5.83. The lowest BCUT2D eigenvalue weighted by Crippen LogP contribution is -2.25. The first-order valence-electron chi connectivity index (χ1n) is 8.04. The number of carbonyl (C=O) groups excluding carboxylic acids is 2. The van der Waals surface area contributed by atoms with Gasteiger partial charge >= 0.3 is 5.97 Å². The molecule has 0 fully saturated rings. The van der Waals surface area contributed by atoms with Crippen molar-refractivity contribution < 1.29 is 24.0 Å². The smallest absolute Gasteiger partial charge is 0.308 e. The lowest BCUT2D eigenvalue weighted by molar-refractivity contribution is -0.384. The van der Waals surface area contributed by atoms with Crippen molar-refractivity contribution in [2.75, 3.05) is 0 Å². The van der Waals surface area contributed by atoms with Crippen LogP contribution in [-0.2, 0) is 14.3 Å². The van der Waals surface area contributed by atoms with E-state index in [1.165, 1.54) is 26.0 Å². The summed E-state index contributed by atoms with van der Waals surface area (Å²) in [5.74, 6) is -1.12. The summed E-state index contributed by atoms with van der Waals surface area (Å²) in [6.45, 7) is 2.49. The van der Waals surface area contributed by atoms with Gasteiger partial charge in [0.2, 0.25) is 18.0 Å². The molecule has 3 rings (SSSR count). The molecule has 9 nitrogen and oxygen atoms in total. The van der Waals surface area contributed by atoms with Gasteiger partial charge in [0.05, 0.1) is 10.5 Å². The van der Waals surface area contributed by atoms with E-state index in [1.807, 2.05) is 0 Å². The van der Waals surface area contributed by atoms with Gasteiger partial charge in [0.25, 0.3) is 5.69 Å². The second-order valence-corrected chi connectivity index (χ2v) is 6.26. The van der Waals surface area contributed by atoms with Crippen LogP contribution in [0.4, 0.5) is 5.69 Å². The monoisotopic (exact) mass is 403 g/mol. The number of amides is 1. The molecule has 2 aromatic rings. The van der Waals surface area contributed by atoms with E-state index in [0.717, 1.165) is 11.1 Å². The third kappa shape index (κ3) is 3.94. The highest BCUT2D eigenvalue weighted by Gasteiger charge is 2.35. The quantitative estimate of drug-likeness (QED) is 0.334. The molecule has 144 valence electrons. The molecule has 0 bridgehead atoms. The predicted molar refractivity (Wildman–Crippen MR) is 98.7 cm³/mol. The maximum atomic E-state index is 12.0. The first-order valence-corrected chi connectivity index (χ1v) is 8.42. The van der Waals surface area contributed by atoms with Crippen LogP contribution in [0, 0.1) is 10.1 Å². The van der Waals surface area contributed by atoms with Crippen molar-refractivity contribution in [3.05, 3.63) is 68.7 Å². The topological polar surface area (TPSA) is 111 Å². The number of nitrogens with zero attached hydrogens (tertiary/aromatic N) is 3. The molecule has 0 radical (unpaired) electrons. The molecule has 0 aromatic heterocycles. The number of non-ortho nitro benzene ring substituents is 1. The van der Waals surface area contributed by atoms with Crippen molar-refractivity contribution >= 4 is 35.1 Å². The number of hydrogen-bond donors (Lipinski definition) is 0. The molecule has 0 unspecified atom stereocenters. The first kappa shape index (κ1) is 19.3. The molecule has 2 aromatic carbocycles. The molecule has 28 heavy (non-hydrogen) atoms. The number of rotatable bonds is 4. The third-order valence-electron chi connectivity index (χ3n) is 3.76. The molecular weight excluding hydrogens is 390 g/mol. The summed E-state index contributed by atoms with van der Waals surface area (Å²) in [5.41, 5.74) is 0.374. The zero-order chi connectivity index (χ0) is 20.4. The Morgan fingerprint density at radius 2 is 2.00 bits per heavy atom. The normalized spacial score (nSPS) is 15.6. The van der Waals surface area contributed by atoms with Gasteiger partial charge in [-0.2, -0.15) is 5.01 Å². The average Bonchev–Trinajstić information content (AvgIpc) is 3.07. The van der Waals surface area contributed by atoms with Crippen LogP contribution in [0.15, 0.2) is 47.6 Å². The van der Waals surface area contributed by atoms with Crippen LogP contribution in [0.3, 0.4) is 0 Å². The number of carbonyl (C=O) groups is 2. The molecule has 10 heteroatoms. The summed E-state index contributed by atoms with van der Waals surface area (Å²) in [6, 6.07) is 10.3. The molecule has 1 amide bonds. The minimum absolute atomic E-state index is 0.0205. The van der Waals surface area contributed by atoms with Gasteiger partial charge < -0.3 is 9.47 Å². The van der Waals surface area contributed by atoms with E-state index in [0.29, 0.717) is 10.6 Å². The largest absolute Gasteiger partial charge is 0.446 e. The number of nitro groups is 1. The Morgan fingerprint density at radius 3 is 2.61 bits per heavy atom. The lowest BCUT2D eigenvalue weighted by atomic mass is 10.1. The van der Waals surface area contributed by atoms with Gasteiger partial charge in [0.1, 0.15) is 5.75 Å². The fourth-order valence-electron chi connectivity index (χ4n) is 2.59. The van der Waals surface area contributed by atoms with Gasteiger partial charge in [-0.25, -0.2) is 0 Å². The molecule has 1 atom stereocenters. The second kappa shape index (κ2) is 7.65. The average molecular weight is 404 g/mol. The van der Waals surface area contributed by atoms with E-state index in [-0.39, 0.29) is 22.9 Å². The Kier molecular flexibility index (Phi) is 5.27. The Morgan fingerprint density at radius 1 is 1.25 bits per heavy atom. The molecule has 0 saturated heterocycles. The van der Waals surface area contributed by atoms with Gasteiger partial charge in [-0.1, -0.05) is 23.7 Å². The van der Waals surface area contributed by atoms with E-state index >= 15 is 0 Å². The Labute approximate surface area is 164 Å². The highest BCUT2D eigenvalue weighted by Crippen LogP contribution is 2.35. The van der Waals surface area contributed by atoms with Crippen LogP contribution in [-0.4, -0.2) is 27.7 Å². The summed E-state index contributed by atoms with van der Waals surface area (Å²) < 4.78 is 10.9. The van der Waals surface area contributed by atoms with E-state index in [4.69, 9.17) is 21.1 Å². The van der Waals surface area contributed by atoms with Crippen LogP contribution in [0.2, 0.25) is 5.02 Å². The minimum Gasteiger partial charge on any atom is -0.446 e. The van der Waals surface area contributed by atoms with E-state index in [2.05, 4.69) is 5.10 Å². The number of ether oxygens (including phenoxy) is 2. The van der Waals surface area contributed by atoms with Crippen LogP contribution >= 0.6 is 11.6 Å². The fraction of sp³-hybridized carbons (Fsp3) is 0.167. The standard InChI is InChI=1S/C18H14ClN3O6/c1-10(23)21-18(12-4-3-5-13(19)8-12)28-17(20-21)15-9-14(22(25)26)6-7-16(15)27-11(2)24/h3-9,18H,1-2H3/t18-/m1/s1. The number of hydrogen-bond acceptors (Lipinski definition) is 7. The highest BCUT2D eigenvalue weighted by molar-refractivity contribution is 6.30. The molecule has 1 heterocycles. The van der Waals surface area contributed by atoms with Crippen LogP contribution in [0.25, 0.3) is 0 Å². The summed E-state index contributed by atoms with van der Waals surface area (Å²) in [4.78, 5) is 34.0. The van der Waals surface area contributed by atoms with Gasteiger partial charge in [-0.3, -0.25) is 19.7 Å². The van der Waals surface area contributed by atoms with Gasteiger partial charge in [0, 0.05) is 36.6 Å². The van der Waals surface area contributed by atoms with Gasteiger partial charge in [-0.05, 0) is 18.2 Å². The number of hydrazone groups is 1. The Hall–Kier alpha value is -3.46. The molecular formula is C18H14ClN3O6. The maximum Gasteiger partial charge on any atom is 0.308 e. The molecule has 0 saturated carbocycles. The Bertz CT molecular complexity index is 1010. The van der Waals surface area contributed by atoms with Crippen LogP contribution in [0.1, 0.15) is 31.2 Å². The highest BCUT2D eigenvalue weighted by atomic mass is 35.5.